The van der Waals surface area contributed by atoms with Crippen LogP contribution in [0.4, 0.5) is 0 Å². The van der Waals surface area contributed by atoms with Crippen LogP contribution in [0.3, 0.4) is 0 Å². The fourth-order valence-electron chi connectivity index (χ4n) is 4.87. The molecule has 180 valence electrons. The second-order valence-corrected chi connectivity index (χ2v) is 10.3. The minimum absolute atomic E-state index is 0.0150. The SMILES string of the molecule is O=C(O)Cc1ccc(C2=CN=C([C@@H]3CCc4cc(-c5cc(Cl)ccc5-n5cnnn5)cc(=O)n43)C2)s1. The number of carboxylic acid groups (broad SMARTS) is 1. The first kappa shape index (κ1) is 22.6. The fourth-order valence-corrected chi connectivity index (χ4v) is 6.05. The topological polar surface area (TPSA) is 115 Å². The third kappa shape index (κ3) is 4.08. The van der Waals surface area contributed by atoms with Crippen molar-refractivity contribution < 1.29 is 9.90 Å². The van der Waals surface area contributed by atoms with Gasteiger partial charge in [0.25, 0.3) is 5.56 Å². The van der Waals surface area contributed by atoms with Crippen molar-refractivity contribution in [3.8, 4) is 16.8 Å². The highest BCUT2D eigenvalue weighted by Gasteiger charge is 2.30. The minimum Gasteiger partial charge on any atom is -0.481 e. The maximum Gasteiger partial charge on any atom is 0.308 e. The Hall–Kier alpha value is -3.89. The third-order valence-electron chi connectivity index (χ3n) is 6.45. The number of halogens is 1. The number of tetrazole rings is 1. The van der Waals surface area contributed by atoms with Gasteiger partial charge in [0.2, 0.25) is 0 Å². The molecule has 6 rings (SSSR count). The summed E-state index contributed by atoms with van der Waals surface area (Å²) < 4.78 is 3.39. The van der Waals surface area contributed by atoms with Crippen LogP contribution >= 0.6 is 22.9 Å². The van der Waals surface area contributed by atoms with Gasteiger partial charge in [0, 0.05) is 50.4 Å². The van der Waals surface area contributed by atoms with E-state index in [1.807, 2.05) is 41.1 Å². The number of hydrogen-bond acceptors (Lipinski definition) is 7. The molecule has 0 bridgehead atoms. The molecule has 0 spiro atoms. The number of rotatable bonds is 6. The molecule has 4 aromatic rings. The largest absolute Gasteiger partial charge is 0.481 e. The molecule has 3 aromatic heterocycles. The van der Waals surface area contributed by atoms with Crippen molar-refractivity contribution in [1.29, 1.82) is 0 Å². The molecule has 1 atom stereocenters. The lowest BCUT2D eigenvalue weighted by Gasteiger charge is -2.17. The Morgan fingerprint density at radius 1 is 1.19 bits per heavy atom. The van der Waals surface area contributed by atoms with Crippen LogP contribution in [0, 0.1) is 0 Å². The summed E-state index contributed by atoms with van der Waals surface area (Å²) in [7, 11) is 0. The van der Waals surface area contributed by atoms with E-state index in [1.54, 1.807) is 16.8 Å². The van der Waals surface area contributed by atoms with Crippen LogP contribution in [0.1, 0.15) is 34.3 Å². The molecule has 0 unspecified atom stereocenters. The zero-order valence-electron chi connectivity index (χ0n) is 18.8. The first-order chi connectivity index (χ1) is 17.5. The quantitative estimate of drug-likeness (QED) is 0.409. The number of aliphatic imine (C=N–C) groups is 1. The van der Waals surface area contributed by atoms with E-state index in [9.17, 15) is 9.59 Å². The van der Waals surface area contributed by atoms with E-state index in [0.29, 0.717) is 11.4 Å². The second-order valence-electron chi connectivity index (χ2n) is 8.70. The number of nitrogens with zero attached hydrogens (tertiary/aromatic N) is 6. The number of carbonyl (C=O) groups is 1. The van der Waals surface area contributed by atoms with Gasteiger partial charge in [-0.05, 0) is 70.8 Å². The van der Waals surface area contributed by atoms with Crippen LogP contribution < -0.4 is 5.56 Å². The lowest BCUT2D eigenvalue weighted by molar-refractivity contribution is -0.136. The van der Waals surface area contributed by atoms with Crippen LogP contribution in [0.15, 0.2) is 64.8 Å². The molecule has 11 heteroatoms. The van der Waals surface area contributed by atoms with Crippen LogP contribution in [-0.2, 0) is 17.6 Å². The molecular weight excluding hydrogens is 500 g/mol. The number of aryl methyl sites for hydroxylation is 1. The normalized spacial score (nSPS) is 16.6. The van der Waals surface area contributed by atoms with Crippen molar-refractivity contribution in [2.75, 3.05) is 0 Å². The molecule has 2 aliphatic heterocycles. The van der Waals surface area contributed by atoms with Crippen molar-refractivity contribution >= 4 is 40.2 Å². The molecule has 36 heavy (non-hydrogen) atoms. The Balaban J connectivity index is 1.28. The van der Waals surface area contributed by atoms with Gasteiger partial charge >= 0.3 is 5.97 Å². The van der Waals surface area contributed by atoms with Gasteiger partial charge in [0.1, 0.15) is 6.33 Å². The highest BCUT2D eigenvalue weighted by Crippen LogP contribution is 2.37. The number of aliphatic carboxylic acids is 1. The van der Waals surface area contributed by atoms with Crippen molar-refractivity contribution in [3.63, 3.8) is 0 Å². The number of carboxylic acids is 1. The van der Waals surface area contributed by atoms with E-state index in [1.165, 1.54) is 17.7 Å². The first-order valence-corrected chi connectivity index (χ1v) is 12.5. The highest BCUT2D eigenvalue weighted by atomic mass is 35.5. The molecule has 0 fully saturated rings. The molecule has 0 saturated heterocycles. The summed E-state index contributed by atoms with van der Waals surface area (Å²) >= 11 is 7.77. The molecule has 1 aromatic carbocycles. The zero-order valence-corrected chi connectivity index (χ0v) is 20.4. The maximum absolute atomic E-state index is 13.4. The summed E-state index contributed by atoms with van der Waals surface area (Å²) in [5, 5.41) is 21.0. The van der Waals surface area contributed by atoms with E-state index < -0.39 is 5.97 Å². The van der Waals surface area contributed by atoms with Crippen LogP contribution in [0.5, 0.6) is 0 Å². The second kappa shape index (κ2) is 8.96. The van der Waals surface area contributed by atoms with Gasteiger partial charge in [-0.2, -0.15) is 4.68 Å². The average molecular weight is 519 g/mol. The predicted molar refractivity (Wildman–Crippen MR) is 137 cm³/mol. The first-order valence-electron chi connectivity index (χ1n) is 11.3. The van der Waals surface area contributed by atoms with Gasteiger partial charge in [-0.1, -0.05) is 11.6 Å². The van der Waals surface area contributed by atoms with Crippen molar-refractivity contribution in [1.82, 2.24) is 24.8 Å². The third-order valence-corrected chi connectivity index (χ3v) is 7.84. The summed E-state index contributed by atoms with van der Waals surface area (Å²) in [4.78, 5) is 30.9. The molecule has 0 saturated carbocycles. The summed E-state index contributed by atoms with van der Waals surface area (Å²) in [5.41, 5.74) is 5.12. The molecule has 9 nitrogen and oxygen atoms in total. The van der Waals surface area contributed by atoms with E-state index in [0.717, 1.165) is 56.4 Å². The fraction of sp³-hybridized carbons (Fsp3) is 0.200. The lowest BCUT2D eigenvalue weighted by atomic mass is 10.0. The number of aromatic nitrogens is 5. The van der Waals surface area contributed by atoms with E-state index in [4.69, 9.17) is 16.7 Å². The Bertz CT molecular complexity index is 1620. The van der Waals surface area contributed by atoms with E-state index in [2.05, 4.69) is 20.5 Å². The van der Waals surface area contributed by atoms with E-state index in [-0.39, 0.29) is 18.0 Å². The molecular formula is C25H19ClN6O3S. The van der Waals surface area contributed by atoms with Crippen LogP contribution in [-0.4, -0.2) is 41.6 Å². The summed E-state index contributed by atoms with van der Waals surface area (Å²) in [5.74, 6) is -0.843. The molecule has 1 N–H and O–H groups in total. The number of hydrogen-bond donors (Lipinski definition) is 1. The molecule has 0 amide bonds. The van der Waals surface area contributed by atoms with Gasteiger partial charge in [-0.15, -0.1) is 16.4 Å². The molecule has 5 heterocycles. The number of thiophene rings is 1. The van der Waals surface area contributed by atoms with Crippen LogP contribution in [0.2, 0.25) is 5.02 Å². The zero-order chi connectivity index (χ0) is 24.8. The summed E-state index contributed by atoms with van der Waals surface area (Å²) in [6.45, 7) is 0. The van der Waals surface area contributed by atoms with Crippen LogP contribution in [0.25, 0.3) is 22.4 Å². The Morgan fingerprint density at radius 2 is 2.08 bits per heavy atom. The monoisotopic (exact) mass is 518 g/mol. The summed E-state index contributed by atoms with van der Waals surface area (Å²) in [6.07, 6.45) is 5.55. The van der Waals surface area contributed by atoms with Crippen molar-refractivity contribution in [2.24, 2.45) is 4.99 Å². The van der Waals surface area contributed by atoms with Gasteiger partial charge < -0.3 is 9.67 Å². The Morgan fingerprint density at radius 3 is 2.89 bits per heavy atom. The van der Waals surface area contributed by atoms with Crippen molar-refractivity contribution in [3.05, 3.63) is 85.8 Å². The Labute approximate surface area is 214 Å². The smallest absolute Gasteiger partial charge is 0.308 e. The minimum atomic E-state index is -0.843. The number of fused-ring (bicyclic) bond motifs is 1. The standard InChI is InChI=1S/C25H19ClN6O3S/c26-16-1-4-21(31-13-28-29-30-31)19(10-16)14-7-17-2-5-22(32(17)24(33)9-14)20-8-15(12-27-20)23-6-3-18(36-23)11-25(34)35/h1,3-4,6-7,9-10,12-13,22H,2,5,8,11H2,(H,34,35)/t22-/m0/s1. The van der Waals surface area contributed by atoms with Gasteiger partial charge in [-0.3, -0.25) is 14.6 Å². The van der Waals surface area contributed by atoms with Gasteiger partial charge in [0.15, 0.2) is 0 Å². The maximum atomic E-state index is 13.4. The number of pyridine rings is 1. The number of benzene rings is 1. The predicted octanol–water partition coefficient (Wildman–Crippen LogP) is 4.21. The lowest BCUT2D eigenvalue weighted by Crippen LogP contribution is -2.27. The average Bonchev–Trinajstić information content (AvgIpc) is 3.64. The molecule has 0 radical (unpaired) electrons. The van der Waals surface area contributed by atoms with Gasteiger partial charge in [-0.25, -0.2) is 0 Å². The molecule has 0 aliphatic carbocycles. The molecule has 2 aliphatic rings. The highest BCUT2D eigenvalue weighted by molar-refractivity contribution is 7.13. The van der Waals surface area contributed by atoms with Gasteiger partial charge in [0.05, 0.1) is 18.2 Å². The Kier molecular flexibility index (Phi) is 5.62. The number of allylic oxidation sites excluding steroid dienone is 1. The summed E-state index contributed by atoms with van der Waals surface area (Å²) in [6, 6.07) is 12.8. The van der Waals surface area contributed by atoms with Crippen molar-refractivity contribution in [2.45, 2.75) is 31.7 Å². The van der Waals surface area contributed by atoms with E-state index >= 15 is 0 Å².